The molecule has 7 nitrogen and oxygen atoms in total. The fraction of sp³-hybridized carbons (Fsp3) is 0.333. The maximum Gasteiger partial charge on any atom is 0.295 e. The van der Waals surface area contributed by atoms with Crippen LogP contribution in [0.15, 0.2) is 48.0 Å². The average molecular weight is 424 g/mol. The van der Waals surface area contributed by atoms with Crippen LogP contribution < -0.4 is 9.47 Å². The molecule has 1 aliphatic heterocycles. The van der Waals surface area contributed by atoms with Crippen LogP contribution in [0.1, 0.15) is 22.7 Å². The fourth-order valence-corrected chi connectivity index (χ4v) is 3.82. The van der Waals surface area contributed by atoms with Crippen molar-refractivity contribution in [2.45, 2.75) is 13.0 Å². The fourth-order valence-electron chi connectivity index (χ4n) is 3.82. The highest BCUT2D eigenvalue weighted by Crippen LogP contribution is 2.42. The number of ether oxygens (including phenoxy) is 2. The van der Waals surface area contributed by atoms with E-state index in [1.54, 1.807) is 31.4 Å². The SMILES string of the molecule is COc1ccc(/C(O)=C2/C(=O)C(=O)N(CCN(C)C)C2c2ccccc2OC)cc1C. The van der Waals surface area contributed by atoms with Gasteiger partial charge in [-0.05, 0) is 50.8 Å². The molecule has 2 aromatic carbocycles. The van der Waals surface area contributed by atoms with E-state index in [1.165, 1.54) is 12.0 Å². The van der Waals surface area contributed by atoms with Crippen molar-refractivity contribution in [3.63, 3.8) is 0 Å². The number of hydrogen-bond donors (Lipinski definition) is 1. The topological polar surface area (TPSA) is 79.3 Å². The molecule has 3 rings (SSSR count). The zero-order chi connectivity index (χ0) is 22.7. The van der Waals surface area contributed by atoms with E-state index in [1.807, 2.05) is 44.1 Å². The Bertz CT molecular complexity index is 1030. The number of aryl methyl sites for hydroxylation is 1. The van der Waals surface area contributed by atoms with Gasteiger partial charge in [0.15, 0.2) is 0 Å². The van der Waals surface area contributed by atoms with Crippen molar-refractivity contribution in [2.24, 2.45) is 0 Å². The largest absolute Gasteiger partial charge is 0.507 e. The van der Waals surface area contributed by atoms with E-state index in [0.29, 0.717) is 35.7 Å². The number of para-hydroxylation sites is 1. The van der Waals surface area contributed by atoms with E-state index >= 15 is 0 Å². The second kappa shape index (κ2) is 9.22. The quantitative estimate of drug-likeness (QED) is 0.418. The van der Waals surface area contributed by atoms with Crippen molar-refractivity contribution >= 4 is 17.4 Å². The van der Waals surface area contributed by atoms with E-state index in [-0.39, 0.29) is 11.3 Å². The summed E-state index contributed by atoms with van der Waals surface area (Å²) in [5.74, 6) is -0.345. The second-order valence-corrected chi connectivity index (χ2v) is 7.72. The van der Waals surface area contributed by atoms with Crippen molar-refractivity contribution < 1.29 is 24.2 Å². The molecule has 0 bridgehead atoms. The van der Waals surface area contributed by atoms with Crippen LogP contribution in [0.4, 0.5) is 0 Å². The van der Waals surface area contributed by atoms with Gasteiger partial charge in [-0.3, -0.25) is 9.59 Å². The number of benzene rings is 2. The van der Waals surface area contributed by atoms with Crippen molar-refractivity contribution in [1.29, 1.82) is 0 Å². The van der Waals surface area contributed by atoms with Crippen LogP contribution in [0.3, 0.4) is 0 Å². The molecule has 7 heteroatoms. The molecular weight excluding hydrogens is 396 g/mol. The Morgan fingerprint density at radius 3 is 2.35 bits per heavy atom. The molecule has 0 saturated carbocycles. The number of amides is 1. The standard InChI is InChI=1S/C24H28N2O5/c1-15-14-16(10-11-18(15)30-4)22(27)20-21(17-8-6-7-9-19(17)31-5)26(13-12-25(2)3)24(29)23(20)28/h6-11,14,21,27H,12-13H2,1-5H3/b22-20-. The summed E-state index contributed by atoms with van der Waals surface area (Å²) in [4.78, 5) is 29.5. The number of ketones is 1. The molecule has 1 N–H and O–H groups in total. The number of Topliss-reactive ketones (excluding diaryl/α,β-unsaturated/α-hetero) is 1. The van der Waals surface area contributed by atoms with Gasteiger partial charge in [0.1, 0.15) is 17.3 Å². The van der Waals surface area contributed by atoms with Gasteiger partial charge in [0.05, 0.1) is 25.8 Å². The Kier molecular flexibility index (Phi) is 6.65. The third-order valence-corrected chi connectivity index (χ3v) is 5.43. The molecule has 1 heterocycles. The summed E-state index contributed by atoms with van der Waals surface area (Å²) in [5.41, 5.74) is 1.96. The molecule has 1 amide bonds. The predicted octanol–water partition coefficient (Wildman–Crippen LogP) is 3.00. The molecule has 1 saturated heterocycles. The highest BCUT2D eigenvalue weighted by Gasteiger charge is 2.46. The summed E-state index contributed by atoms with van der Waals surface area (Å²) in [6, 6.07) is 11.6. The van der Waals surface area contributed by atoms with E-state index in [4.69, 9.17) is 9.47 Å². The van der Waals surface area contributed by atoms with Gasteiger partial charge in [-0.1, -0.05) is 18.2 Å². The molecule has 1 unspecified atom stereocenters. The first-order valence-corrected chi connectivity index (χ1v) is 10.0. The first kappa shape index (κ1) is 22.4. The van der Waals surface area contributed by atoms with Crippen LogP contribution in [0.25, 0.3) is 5.76 Å². The summed E-state index contributed by atoms with van der Waals surface area (Å²) < 4.78 is 10.8. The molecule has 31 heavy (non-hydrogen) atoms. The number of likely N-dealkylation sites (N-methyl/N-ethyl adjacent to an activating group) is 1. The number of carbonyl (C=O) groups is 2. The third kappa shape index (κ3) is 4.27. The average Bonchev–Trinajstić information content (AvgIpc) is 3.01. The van der Waals surface area contributed by atoms with Gasteiger partial charge >= 0.3 is 0 Å². The number of likely N-dealkylation sites (tertiary alicyclic amines) is 1. The van der Waals surface area contributed by atoms with E-state index < -0.39 is 17.7 Å². The smallest absolute Gasteiger partial charge is 0.295 e. The Morgan fingerprint density at radius 2 is 1.74 bits per heavy atom. The van der Waals surface area contributed by atoms with E-state index in [0.717, 1.165) is 5.56 Å². The first-order chi connectivity index (χ1) is 14.8. The molecule has 2 aromatic rings. The molecule has 0 aromatic heterocycles. The number of aliphatic hydroxyl groups is 1. The minimum absolute atomic E-state index is 0.0535. The number of hydrogen-bond acceptors (Lipinski definition) is 6. The number of methoxy groups -OCH3 is 2. The van der Waals surface area contributed by atoms with Crippen molar-refractivity contribution in [2.75, 3.05) is 41.4 Å². The van der Waals surface area contributed by atoms with Crippen molar-refractivity contribution in [3.8, 4) is 11.5 Å². The van der Waals surface area contributed by atoms with Crippen LogP contribution in [-0.2, 0) is 9.59 Å². The number of rotatable bonds is 7. The van der Waals surface area contributed by atoms with Gasteiger partial charge < -0.3 is 24.4 Å². The monoisotopic (exact) mass is 424 g/mol. The van der Waals surface area contributed by atoms with E-state index in [9.17, 15) is 14.7 Å². The molecule has 1 fully saturated rings. The highest BCUT2D eigenvalue weighted by molar-refractivity contribution is 6.46. The number of carbonyl (C=O) groups excluding carboxylic acids is 2. The van der Waals surface area contributed by atoms with Gasteiger partial charge in [0, 0.05) is 24.2 Å². The van der Waals surface area contributed by atoms with Crippen LogP contribution in [-0.4, -0.2) is 68.0 Å². The third-order valence-electron chi connectivity index (χ3n) is 5.43. The summed E-state index contributed by atoms with van der Waals surface area (Å²) in [6.45, 7) is 2.75. The summed E-state index contributed by atoms with van der Waals surface area (Å²) in [7, 11) is 6.90. The lowest BCUT2D eigenvalue weighted by atomic mass is 9.94. The number of nitrogens with zero attached hydrogens (tertiary/aromatic N) is 2. The molecule has 0 aliphatic carbocycles. The Morgan fingerprint density at radius 1 is 1.06 bits per heavy atom. The zero-order valence-corrected chi connectivity index (χ0v) is 18.5. The van der Waals surface area contributed by atoms with Crippen LogP contribution >= 0.6 is 0 Å². The highest BCUT2D eigenvalue weighted by atomic mass is 16.5. The van der Waals surface area contributed by atoms with E-state index in [2.05, 4.69) is 0 Å². The lowest BCUT2D eigenvalue weighted by Crippen LogP contribution is -2.35. The molecule has 164 valence electrons. The van der Waals surface area contributed by atoms with Gasteiger partial charge in [-0.2, -0.15) is 0 Å². The Labute approximate surface area is 182 Å². The van der Waals surface area contributed by atoms with Crippen LogP contribution in [0.2, 0.25) is 0 Å². The minimum Gasteiger partial charge on any atom is -0.507 e. The lowest BCUT2D eigenvalue weighted by Gasteiger charge is -2.27. The van der Waals surface area contributed by atoms with Gasteiger partial charge in [-0.15, -0.1) is 0 Å². The molecular formula is C24H28N2O5. The predicted molar refractivity (Wildman–Crippen MR) is 118 cm³/mol. The minimum atomic E-state index is -0.751. The number of aliphatic hydroxyl groups excluding tert-OH is 1. The molecule has 1 atom stereocenters. The van der Waals surface area contributed by atoms with Crippen molar-refractivity contribution in [3.05, 3.63) is 64.7 Å². The zero-order valence-electron chi connectivity index (χ0n) is 18.5. The maximum atomic E-state index is 13.1. The van der Waals surface area contributed by atoms with Crippen molar-refractivity contribution in [1.82, 2.24) is 9.80 Å². The van der Waals surface area contributed by atoms with Crippen LogP contribution in [0.5, 0.6) is 11.5 Å². The Hall–Kier alpha value is -3.32. The van der Waals surface area contributed by atoms with Crippen LogP contribution in [0, 0.1) is 6.92 Å². The molecule has 0 radical (unpaired) electrons. The molecule has 0 spiro atoms. The second-order valence-electron chi connectivity index (χ2n) is 7.72. The normalized spacial score (nSPS) is 18.0. The van der Waals surface area contributed by atoms with Gasteiger partial charge in [0.2, 0.25) is 0 Å². The first-order valence-electron chi connectivity index (χ1n) is 10.0. The summed E-state index contributed by atoms with van der Waals surface area (Å²) in [6.07, 6.45) is 0. The lowest BCUT2D eigenvalue weighted by molar-refractivity contribution is -0.140. The molecule has 1 aliphatic rings. The van der Waals surface area contributed by atoms with Gasteiger partial charge in [0.25, 0.3) is 11.7 Å². The summed E-state index contributed by atoms with van der Waals surface area (Å²) >= 11 is 0. The summed E-state index contributed by atoms with van der Waals surface area (Å²) in [5, 5.41) is 11.2. The van der Waals surface area contributed by atoms with Gasteiger partial charge in [-0.25, -0.2) is 0 Å². The maximum absolute atomic E-state index is 13.1. The Balaban J connectivity index is 2.20.